The second kappa shape index (κ2) is 7.58. The lowest BCUT2D eigenvalue weighted by Crippen LogP contribution is -2.28. The molecule has 1 fully saturated rings. The minimum Gasteiger partial charge on any atom is -0.326 e. The van der Waals surface area contributed by atoms with Crippen LogP contribution in [0.25, 0.3) is 0 Å². The Bertz CT molecular complexity index is 718. The first-order chi connectivity index (χ1) is 11.3. The summed E-state index contributed by atoms with van der Waals surface area (Å²) in [6, 6.07) is 8.14. The van der Waals surface area contributed by atoms with Crippen molar-refractivity contribution >= 4 is 24.0 Å². The van der Waals surface area contributed by atoms with Crippen molar-refractivity contribution in [2.75, 3.05) is 18.4 Å². The van der Waals surface area contributed by atoms with Crippen molar-refractivity contribution in [3.63, 3.8) is 0 Å². The van der Waals surface area contributed by atoms with Gasteiger partial charge in [0, 0.05) is 37.9 Å². The molecule has 1 aliphatic rings. The van der Waals surface area contributed by atoms with E-state index in [0.29, 0.717) is 6.54 Å². The van der Waals surface area contributed by atoms with Crippen LogP contribution in [0.3, 0.4) is 0 Å². The number of hydrogen-bond donors (Lipinski definition) is 2. The number of carbonyl (C=O) groups excluding carboxylic acids is 1. The number of aromatic nitrogens is 2. The molecule has 0 radical (unpaired) electrons. The molecule has 5 nitrogen and oxygen atoms in total. The number of rotatable bonds is 3. The third-order valence-corrected chi connectivity index (χ3v) is 4.72. The Labute approximate surface area is 155 Å². The topological polar surface area (TPSA) is 59.0 Å². The Morgan fingerprint density at radius 3 is 2.48 bits per heavy atom. The van der Waals surface area contributed by atoms with Gasteiger partial charge in [0.05, 0.1) is 12.1 Å². The average Bonchev–Trinajstić information content (AvgIpc) is 3.15. The van der Waals surface area contributed by atoms with Crippen LogP contribution in [0.15, 0.2) is 36.7 Å². The maximum absolute atomic E-state index is 12.7. The molecular formula is C19H27ClN4O. The first-order valence-corrected chi connectivity index (χ1v) is 8.45. The van der Waals surface area contributed by atoms with Gasteiger partial charge < -0.3 is 10.6 Å². The molecule has 0 saturated carbocycles. The summed E-state index contributed by atoms with van der Waals surface area (Å²) >= 11 is 0. The lowest BCUT2D eigenvalue weighted by Gasteiger charge is -2.20. The van der Waals surface area contributed by atoms with E-state index < -0.39 is 0 Å². The van der Waals surface area contributed by atoms with Gasteiger partial charge in [0.1, 0.15) is 0 Å². The summed E-state index contributed by atoms with van der Waals surface area (Å²) in [5.74, 6) is 0.168. The number of nitrogens with one attached hydrogen (secondary N) is 2. The first kappa shape index (κ1) is 19.5. The molecular weight excluding hydrogens is 336 g/mol. The van der Waals surface area contributed by atoms with E-state index in [9.17, 15) is 4.79 Å². The maximum Gasteiger partial charge on any atom is 0.229 e. The third kappa shape index (κ3) is 4.41. The Balaban J connectivity index is 0.00000225. The maximum atomic E-state index is 12.7. The van der Waals surface area contributed by atoms with E-state index in [4.69, 9.17) is 0 Å². The van der Waals surface area contributed by atoms with E-state index in [2.05, 4.69) is 48.6 Å². The molecule has 1 amide bonds. The molecule has 1 aliphatic heterocycles. The van der Waals surface area contributed by atoms with Crippen LogP contribution >= 0.6 is 12.4 Å². The number of benzene rings is 1. The van der Waals surface area contributed by atoms with Crippen LogP contribution < -0.4 is 10.6 Å². The molecule has 25 heavy (non-hydrogen) atoms. The van der Waals surface area contributed by atoms with Crippen molar-refractivity contribution < 1.29 is 4.79 Å². The molecule has 3 rings (SSSR count). The van der Waals surface area contributed by atoms with Crippen LogP contribution in [-0.4, -0.2) is 28.8 Å². The van der Waals surface area contributed by atoms with Crippen molar-refractivity contribution in [3.8, 4) is 0 Å². The first-order valence-electron chi connectivity index (χ1n) is 8.45. The van der Waals surface area contributed by atoms with E-state index in [1.807, 2.05) is 31.6 Å². The van der Waals surface area contributed by atoms with Gasteiger partial charge in [0.15, 0.2) is 0 Å². The van der Waals surface area contributed by atoms with Crippen molar-refractivity contribution in [1.29, 1.82) is 0 Å². The smallest absolute Gasteiger partial charge is 0.229 e. The normalized spacial score (nSPS) is 20.2. The zero-order chi connectivity index (χ0) is 17.3. The van der Waals surface area contributed by atoms with Gasteiger partial charge in [0.2, 0.25) is 5.91 Å². The van der Waals surface area contributed by atoms with Gasteiger partial charge in [-0.2, -0.15) is 5.10 Å². The number of aryl methyl sites for hydroxylation is 1. The third-order valence-electron chi connectivity index (χ3n) is 4.72. The second-order valence-corrected chi connectivity index (χ2v) is 7.64. The van der Waals surface area contributed by atoms with Crippen LogP contribution in [0.2, 0.25) is 0 Å². The monoisotopic (exact) mass is 362 g/mol. The SMILES string of the molecule is Cl.Cn1cc([C@H]2CNC[C@@H]2C(=O)Nc2ccc(C(C)(C)C)cc2)cn1. The highest BCUT2D eigenvalue weighted by Gasteiger charge is 2.34. The molecule has 2 N–H and O–H groups in total. The quantitative estimate of drug-likeness (QED) is 0.882. The molecule has 0 unspecified atom stereocenters. The number of nitrogens with zero attached hydrogens (tertiary/aromatic N) is 2. The number of hydrogen-bond acceptors (Lipinski definition) is 3. The highest BCUT2D eigenvalue weighted by atomic mass is 35.5. The van der Waals surface area contributed by atoms with E-state index in [-0.39, 0.29) is 35.6 Å². The summed E-state index contributed by atoms with van der Waals surface area (Å²) < 4.78 is 1.79. The molecule has 0 bridgehead atoms. The van der Waals surface area contributed by atoms with Crippen LogP contribution in [0.4, 0.5) is 5.69 Å². The standard InChI is InChI=1S/C19H26N4O.ClH/c1-19(2,3)14-5-7-15(8-6-14)22-18(24)17-11-20-10-16(17)13-9-21-23(4)12-13;/h5-9,12,16-17,20H,10-11H2,1-4H3,(H,22,24);1H/t16-,17+;/m1./s1. The van der Waals surface area contributed by atoms with Gasteiger partial charge >= 0.3 is 0 Å². The predicted molar refractivity (Wildman–Crippen MR) is 103 cm³/mol. The lowest BCUT2D eigenvalue weighted by atomic mass is 9.87. The zero-order valence-corrected chi connectivity index (χ0v) is 16.1. The van der Waals surface area contributed by atoms with Gasteiger partial charge in [-0.3, -0.25) is 9.48 Å². The average molecular weight is 363 g/mol. The van der Waals surface area contributed by atoms with E-state index in [0.717, 1.165) is 17.8 Å². The molecule has 2 heterocycles. The highest BCUT2D eigenvalue weighted by Crippen LogP contribution is 2.29. The minimum absolute atomic E-state index is 0. The molecule has 136 valence electrons. The summed E-state index contributed by atoms with van der Waals surface area (Å²) in [6.45, 7) is 8.06. The highest BCUT2D eigenvalue weighted by molar-refractivity contribution is 5.93. The van der Waals surface area contributed by atoms with Crippen molar-refractivity contribution in [1.82, 2.24) is 15.1 Å². The number of carbonyl (C=O) groups is 1. The molecule has 1 aromatic carbocycles. The van der Waals surface area contributed by atoms with Gasteiger partial charge in [0.25, 0.3) is 0 Å². The summed E-state index contributed by atoms with van der Waals surface area (Å²) in [7, 11) is 1.90. The second-order valence-electron chi connectivity index (χ2n) is 7.64. The molecule has 2 atom stereocenters. The molecule has 2 aromatic rings. The number of amides is 1. The zero-order valence-electron chi connectivity index (χ0n) is 15.2. The largest absolute Gasteiger partial charge is 0.326 e. The van der Waals surface area contributed by atoms with Gasteiger partial charge in [-0.15, -0.1) is 12.4 Å². The molecule has 1 aromatic heterocycles. The van der Waals surface area contributed by atoms with Crippen molar-refractivity contribution in [2.45, 2.75) is 32.1 Å². The van der Waals surface area contributed by atoms with Gasteiger partial charge in [-0.25, -0.2) is 0 Å². The summed E-state index contributed by atoms with van der Waals surface area (Å²) in [4.78, 5) is 12.7. The summed E-state index contributed by atoms with van der Waals surface area (Å²) in [5.41, 5.74) is 3.34. The fourth-order valence-electron chi connectivity index (χ4n) is 3.22. The number of halogens is 1. The Morgan fingerprint density at radius 1 is 1.24 bits per heavy atom. The van der Waals surface area contributed by atoms with Crippen LogP contribution in [0, 0.1) is 5.92 Å². The Kier molecular flexibility index (Phi) is 5.91. The van der Waals surface area contributed by atoms with Gasteiger partial charge in [-0.1, -0.05) is 32.9 Å². The lowest BCUT2D eigenvalue weighted by molar-refractivity contribution is -0.119. The predicted octanol–water partition coefficient (Wildman–Crippen LogP) is 3.08. The Hall–Kier alpha value is -1.85. The fourth-order valence-corrected chi connectivity index (χ4v) is 3.22. The van der Waals surface area contributed by atoms with Crippen LogP contribution in [0.5, 0.6) is 0 Å². The Morgan fingerprint density at radius 2 is 1.92 bits per heavy atom. The number of anilines is 1. The minimum atomic E-state index is -0.0727. The molecule has 0 spiro atoms. The fraction of sp³-hybridized carbons (Fsp3) is 0.474. The van der Waals surface area contributed by atoms with E-state index in [1.54, 1.807) is 4.68 Å². The van der Waals surface area contributed by atoms with Crippen LogP contribution in [0.1, 0.15) is 37.8 Å². The van der Waals surface area contributed by atoms with Crippen LogP contribution in [-0.2, 0) is 17.3 Å². The summed E-state index contributed by atoms with van der Waals surface area (Å²) in [5, 5.41) is 10.6. The van der Waals surface area contributed by atoms with E-state index in [1.165, 1.54) is 5.56 Å². The molecule has 6 heteroatoms. The van der Waals surface area contributed by atoms with Gasteiger partial charge in [-0.05, 0) is 28.7 Å². The molecule has 0 aliphatic carbocycles. The van der Waals surface area contributed by atoms with E-state index >= 15 is 0 Å². The van der Waals surface area contributed by atoms with Crippen molar-refractivity contribution in [2.24, 2.45) is 13.0 Å². The van der Waals surface area contributed by atoms with Crippen molar-refractivity contribution in [3.05, 3.63) is 47.8 Å². The molecule has 1 saturated heterocycles. The summed E-state index contributed by atoms with van der Waals surface area (Å²) in [6.07, 6.45) is 3.85.